The number of hydrogen-bond donors (Lipinski definition) is 2. The molecule has 0 aliphatic heterocycles. The molecule has 20 heavy (non-hydrogen) atoms. The van der Waals surface area contributed by atoms with Crippen molar-refractivity contribution in [2.45, 2.75) is 6.92 Å². The van der Waals surface area contributed by atoms with Crippen LogP contribution in [0.25, 0.3) is 0 Å². The van der Waals surface area contributed by atoms with Gasteiger partial charge >= 0.3 is 0 Å². The number of aliphatic imine (C=N–C) groups is 1. The van der Waals surface area contributed by atoms with Gasteiger partial charge in [-0.3, -0.25) is 14.6 Å². The third kappa shape index (κ3) is 4.78. The van der Waals surface area contributed by atoms with Gasteiger partial charge in [-0.25, -0.2) is 0 Å². The molecule has 1 aromatic carbocycles. The number of allylic oxidation sites excluding steroid dienone is 2. The van der Waals surface area contributed by atoms with E-state index in [1.54, 1.807) is 31.3 Å². The van der Waals surface area contributed by atoms with Crippen molar-refractivity contribution in [3.63, 3.8) is 0 Å². The summed E-state index contributed by atoms with van der Waals surface area (Å²) in [6.45, 7) is 1.57. The minimum atomic E-state index is -0.257. The van der Waals surface area contributed by atoms with Crippen LogP contribution >= 0.6 is 0 Å². The van der Waals surface area contributed by atoms with Gasteiger partial charge in [-0.2, -0.15) is 0 Å². The van der Waals surface area contributed by atoms with Gasteiger partial charge in [-0.15, -0.1) is 0 Å². The number of hydrogen-bond acceptors (Lipinski definition) is 4. The highest BCUT2D eigenvalue weighted by molar-refractivity contribution is 6.12. The van der Waals surface area contributed by atoms with Gasteiger partial charge in [-0.05, 0) is 31.2 Å². The highest BCUT2D eigenvalue weighted by atomic mass is 16.3. The number of nitrogens with one attached hydrogen (secondary N) is 1. The zero-order valence-electron chi connectivity index (χ0n) is 11.6. The van der Waals surface area contributed by atoms with E-state index in [9.17, 15) is 9.59 Å². The van der Waals surface area contributed by atoms with Crippen LogP contribution in [0, 0.1) is 0 Å². The van der Waals surface area contributed by atoms with Crippen molar-refractivity contribution in [3.8, 4) is 0 Å². The molecule has 0 bridgehead atoms. The molecule has 2 N–H and O–H groups in total. The Hall–Kier alpha value is -2.27. The number of nitrogens with zero attached hydrogens (tertiary/aromatic N) is 1. The normalized spacial score (nSPS) is 11.7. The Bertz CT molecular complexity index is 548. The van der Waals surface area contributed by atoms with Crippen molar-refractivity contribution in [1.82, 2.24) is 5.32 Å². The topological polar surface area (TPSA) is 78.8 Å². The molecule has 0 aliphatic rings. The molecule has 0 saturated heterocycles. The first-order valence-corrected chi connectivity index (χ1v) is 6.23. The lowest BCUT2D eigenvalue weighted by atomic mass is 10.1. The second-order valence-electron chi connectivity index (χ2n) is 4.11. The van der Waals surface area contributed by atoms with E-state index in [1.165, 1.54) is 13.0 Å². The first-order chi connectivity index (χ1) is 9.58. The Morgan fingerprint density at radius 2 is 2.00 bits per heavy atom. The number of aliphatic hydroxyl groups excluding tert-OH is 1. The van der Waals surface area contributed by atoms with Gasteiger partial charge < -0.3 is 10.4 Å². The molecule has 0 atom stereocenters. The molecule has 0 fully saturated rings. The fraction of sp³-hybridized carbons (Fsp3) is 0.267. The third-order valence-electron chi connectivity index (χ3n) is 2.53. The van der Waals surface area contributed by atoms with E-state index in [1.807, 2.05) is 6.07 Å². The maximum absolute atomic E-state index is 11.8. The summed E-state index contributed by atoms with van der Waals surface area (Å²) in [5.74, 6) is -0.324. The second-order valence-corrected chi connectivity index (χ2v) is 4.11. The molecular weight excluding hydrogens is 256 g/mol. The van der Waals surface area contributed by atoms with Gasteiger partial charge in [0.1, 0.15) is 0 Å². The molecule has 0 aliphatic carbocycles. The zero-order valence-corrected chi connectivity index (χ0v) is 11.6. The summed E-state index contributed by atoms with van der Waals surface area (Å²) in [6.07, 6.45) is 3.05. The van der Waals surface area contributed by atoms with Gasteiger partial charge in [0.15, 0.2) is 5.78 Å². The average molecular weight is 274 g/mol. The van der Waals surface area contributed by atoms with Crippen LogP contribution in [0.2, 0.25) is 0 Å². The van der Waals surface area contributed by atoms with E-state index in [0.717, 1.165) is 5.56 Å². The van der Waals surface area contributed by atoms with Gasteiger partial charge in [0.05, 0.1) is 12.3 Å². The first kappa shape index (κ1) is 15.8. The molecule has 0 spiro atoms. The van der Waals surface area contributed by atoms with Crippen LogP contribution in [0.1, 0.15) is 22.8 Å². The fourth-order valence-electron chi connectivity index (χ4n) is 1.59. The predicted octanol–water partition coefficient (Wildman–Crippen LogP) is 0.973. The SMILES string of the molecule is CN=C(/C=C\C(C)=O)c1cccc(C(=O)NCCO)c1. The first-order valence-electron chi connectivity index (χ1n) is 6.23. The quantitative estimate of drug-likeness (QED) is 0.599. The smallest absolute Gasteiger partial charge is 0.251 e. The van der Waals surface area contributed by atoms with Crippen LogP contribution in [-0.2, 0) is 4.79 Å². The lowest BCUT2D eigenvalue weighted by Gasteiger charge is -2.06. The summed E-state index contributed by atoms with van der Waals surface area (Å²) in [5.41, 5.74) is 1.85. The molecule has 0 saturated carbocycles. The molecule has 1 aromatic rings. The zero-order chi connectivity index (χ0) is 15.0. The largest absolute Gasteiger partial charge is 0.395 e. The lowest BCUT2D eigenvalue weighted by molar-refractivity contribution is -0.112. The average Bonchev–Trinajstić information content (AvgIpc) is 2.45. The molecule has 0 aromatic heterocycles. The molecule has 0 radical (unpaired) electrons. The highest BCUT2D eigenvalue weighted by Gasteiger charge is 2.07. The third-order valence-corrected chi connectivity index (χ3v) is 2.53. The van der Waals surface area contributed by atoms with Crippen molar-refractivity contribution in [3.05, 3.63) is 47.5 Å². The molecule has 106 valence electrons. The molecule has 5 nitrogen and oxygen atoms in total. The van der Waals surface area contributed by atoms with Crippen molar-refractivity contribution in [2.24, 2.45) is 4.99 Å². The summed E-state index contributed by atoms with van der Waals surface area (Å²) < 4.78 is 0. The maximum Gasteiger partial charge on any atom is 0.251 e. The summed E-state index contributed by atoms with van der Waals surface area (Å²) in [4.78, 5) is 26.9. The Kier molecular flexibility index (Phi) is 6.32. The van der Waals surface area contributed by atoms with E-state index in [0.29, 0.717) is 11.3 Å². The summed E-state index contributed by atoms with van der Waals surface area (Å²) >= 11 is 0. The Balaban J connectivity index is 2.97. The van der Waals surface area contributed by atoms with Gasteiger partial charge in [0.25, 0.3) is 5.91 Å². The van der Waals surface area contributed by atoms with Crippen molar-refractivity contribution >= 4 is 17.4 Å². The van der Waals surface area contributed by atoms with E-state index in [2.05, 4.69) is 10.3 Å². The Morgan fingerprint density at radius 3 is 2.60 bits per heavy atom. The Labute approximate surface area is 118 Å². The number of carbonyl (C=O) groups is 2. The van der Waals surface area contributed by atoms with Gasteiger partial charge in [0, 0.05) is 24.7 Å². The number of ketones is 1. The number of aliphatic hydroxyl groups is 1. The lowest BCUT2D eigenvalue weighted by Crippen LogP contribution is -2.26. The molecule has 5 heteroatoms. The van der Waals surface area contributed by atoms with Crippen LogP contribution in [0.5, 0.6) is 0 Å². The second kappa shape index (κ2) is 8.01. The molecule has 1 rings (SSSR count). The highest BCUT2D eigenvalue weighted by Crippen LogP contribution is 2.08. The molecule has 0 heterocycles. The minimum Gasteiger partial charge on any atom is -0.395 e. The van der Waals surface area contributed by atoms with Crippen LogP contribution in [-0.4, -0.2) is 42.7 Å². The number of amides is 1. The van der Waals surface area contributed by atoms with E-state index < -0.39 is 0 Å². The standard InChI is InChI=1S/C15H18N2O3/c1-11(19)6-7-14(16-2)12-4-3-5-13(10-12)15(20)17-8-9-18/h3-7,10,18H,8-9H2,1-2H3,(H,17,20)/b7-6-,16-14?. The van der Waals surface area contributed by atoms with Gasteiger partial charge in [-0.1, -0.05) is 12.1 Å². The maximum atomic E-state index is 11.8. The number of benzene rings is 1. The van der Waals surface area contributed by atoms with Crippen LogP contribution in [0.15, 0.2) is 41.4 Å². The predicted molar refractivity (Wildman–Crippen MR) is 78.1 cm³/mol. The summed E-state index contributed by atoms with van der Waals surface area (Å²) in [5, 5.41) is 11.3. The summed E-state index contributed by atoms with van der Waals surface area (Å²) in [6, 6.07) is 6.93. The monoisotopic (exact) mass is 274 g/mol. The number of carbonyl (C=O) groups excluding carboxylic acids is 2. The van der Waals surface area contributed by atoms with Crippen molar-refractivity contribution in [2.75, 3.05) is 20.2 Å². The minimum absolute atomic E-state index is 0.0667. The molecular formula is C15H18N2O3. The van der Waals surface area contributed by atoms with E-state index in [-0.39, 0.29) is 24.8 Å². The number of rotatable bonds is 6. The van der Waals surface area contributed by atoms with E-state index in [4.69, 9.17) is 5.11 Å². The van der Waals surface area contributed by atoms with E-state index >= 15 is 0 Å². The molecule has 0 unspecified atom stereocenters. The Morgan fingerprint density at radius 1 is 1.30 bits per heavy atom. The molecule has 1 amide bonds. The van der Waals surface area contributed by atoms with Gasteiger partial charge in [0.2, 0.25) is 0 Å². The van der Waals surface area contributed by atoms with Crippen molar-refractivity contribution in [1.29, 1.82) is 0 Å². The fourth-order valence-corrected chi connectivity index (χ4v) is 1.59. The summed E-state index contributed by atoms with van der Waals surface area (Å²) in [7, 11) is 1.62. The van der Waals surface area contributed by atoms with Crippen LogP contribution < -0.4 is 5.32 Å². The van der Waals surface area contributed by atoms with Crippen molar-refractivity contribution < 1.29 is 14.7 Å². The van der Waals surface area contributed by atoms with Crippen LogP contribution in [0.3, 0.4) is 0 Å². The van der Waals surface area contributed by atoms with Crippen LogP contribution in [0.4, 0.5) is 0 Å².